The summed E-state index contributed by atoms with van der Waals surface area (Å²) in [6.07, 6.45) is 78.2. The third-order valence-electron chi connectivity index (χ3n) is 16.2. The van der Waals surface area contributed by atoms with Crippen LogP contribution in [0.2, 0.25) is 0 Å². The van der Waals surface area contributed by atoms with Crippen molar-refractivity contribution < 1.29 is 32.9 Å². The molecule has 0 aliphatic carbocycles. The standard InChI is InChI=1S/C69H137N2O6P/c1-6-8-10-12-14-16-18-20-22-24-26-28-30-32-34-35-37-39-41-43-45-47-49-51-53-55-57-59-61-63-69(73)70-67(66-77-78(74,75)76-65-64-71(3,4)5)68(72)62-60-58-56-54-52-50-48-46-44-42-40-38-36-33-31-29-27-25-23-21-19-17-15-13-11-9-7-2/h18,20,24,26,67-68,72H,6-17,19,21-23,25,27-66H2,1-5H3,(H-,70,73,74,75)/b20-18-,26-24-. The van der Waals surface area contributed by atoms with Gasteiger partial charge in [-0.25, -0.2) is 0 Å². The number of unbranched alkanes of at least 4 members (excludes halogenated alkanes) is 48. The van der Waals surface area contributed by atoms with Gasteiger partial charge in [-0.05, 0) is 44.9 Å². The predicted octanol–water partition coefficient (Wildman–Crippen LogP) is 21.3. The Balaban J connectivity index is 4.02. The first-order valence-corrected chi connectivity index (χ1v) is 36.1. The number of hydrogen-bond acceptors (Lipinski definition) is 6. The summed E-state index contributed by atoms with van der Waals surface area (Å²) in [5.74, 6) is -0.157. The van der Waals surface area contributed by atoms with E-state index in [9.17, 15) is 19.4 Å². The van der Waals surface area contributed by atoms with Crippen molar-refractivity contribution in [3.63, 3.8) is 0 Å². The monoisotopic (exact) mass is 1120 g/mol. The number of nitrogens with zero attached hydrogens (tertiary/aromatic N) is 1. The highest BCUT2D eigenvalue weighted by Crippen LogP contribution is 2.38. The lowest BCUT2D eigenvalue weighted by Crippen LogP contribution is -2.46. The van der Waals surface area contributed by atoms with Gasteiger partial charge in [0.2, 0.25) is 5.91 Å². The zero-order valence-electron chi connectivity index (χ0n) is 53.2. The van der Waals surface area contributed by atoms with Crippen LogP contribution in [0.4, 0.5) is 0 Å². The second kappa shape index (κ2) is 60.6. The number of hydrogen-bond donors (Lipinski definition) is 2. The summed E-state index contributed by atoms with van der Waals surface area (Å²) in [6.45, 7) is 4.77. The van der Waals surface area contributed by atoms with E-state index in [1.54, 1.807) is 0 Å². The van der Waals surface area contributed by atoms with Gasteiger partial charge in [0, 0.05) is 6.42 Å². The van der Waals surface area contributed by atoms with Gasteiger partial charge in [-0.3, -0.25) is 9.36 Å². The smallest absolute Gasteiger partial charge is 0.268 e. The largest absolute Gasteiger partial charge is 0.756 e. The van der Waals surface area contributed by atoms with Gasteiger partial charge in [0.15, 0.2) is 0 Å². The van der Waals surface area contributed by atoms with Gasteiger partial charge in [-0.1, -0.05) is 334 Å². The molecule has 0 rings (SSSR count). The Bertz CT molecular complexity index is 1320. The van der Waals surface area contributed by atoms with Crippen LogP contribution in [-0.2, 0) is 18.4 Å². The lowest BCUT2D eigenvalue weighted by Gasteiger charge is -2.30. The highest BCUT2D eigenvalue weighted by atomic mass is 31.2. The molecule has 0 heterocycles. The molecular weight excluding hydrogens is 984 g/mol. The first-order chi connectivity index (χ1) is 38.0. The van der Waals surface area contributed by atoms with E-state index >= 15 is 0 Å². The van der Waals surface area contributed by atoms with E-state index in [1.807, 2.05) is 21.1 Å². The zero-order valence-corrected chi connectivity index (χ0v) is 54.0. The number of allylic oxidation sites excluding steroid dienone is 4. The van der Waals surface area contributed by atoms with Crippen molar-refractivity contribution in [1.29, 1.82) is 0 Å². The van der Waals surface area contributed by atoms with Gasteiger partial charge in [0.05, 0.1) is 39.9 Å². The summed E-state index contributed by atoms with van der Waals surface area (Å²) < 4.78 is 23.5. The highest BCUT2D eigenvalue weighted by molar-refractivity contribution is 7.45. The van der Waals surface area contributed by atoms with E-state index in [0.717, 1.165) is 44.9 Å². The quantitative estimate of drug-likeness (QED) is 0.0272. The number of aliphatic hydroxyl groups is 1. The Morgan fingerprint density at radius 1 is 0.449 bits per heavy atom. The minimum Gasteiger partial charge on any atom is -0.756 e. The maximum Gasteiger partial charge on any atom is 0.268 e. The number of amides is 1. The van der Waals surface area contributed by atoms with E-state index in [1.165, 1.54) is 289 Å². The van der Waals surface area contributed by atoms with Crippen LogP contribution in [0.3, 0.4) is 0 Å². The number of likely N-dealkylation sites (N-methyl/N-ethyl adjacent to an activating group) is 1. The molecule has 0 aromatic heterocycles. The number of carbonyl (C=O) groups excluding carboxylic acids is 1. The Labute approximate surface area is 487 Å². The summed E-state index contributed by atoms with van der Waals surface area (Å²) in [5, 5.41) is 14.1. The number of quaternary nitrogens is 1. The number of carbonyl (C=O) groups is 1. The zero-order chi connectivity index (χ0) is 57.0. The molecule has 8 nitrogen and oxygen atoms in total. The van der Waals surface area contributed by atoms with Crippen LogP contribution < -0.4 is 10.2 Å². The van der Waals surface area contributed by atoms with Gasteiger partial charge in [0.1, 0.15) is 13.2 Å². The van der Waals surface area contributed by atoms with Crippen molar-refractivity contribution in [1.82, 2.24) is 5.32 Å². The van der Waals surface area contributed by atoms with Crippen molar-refractivity contribution in [2.75, 3.05) is 40.9 Å². The molecule has 0 bridgehead atoms. The predicted molar refractivity (Wildman–Crippen MR) is 339 cm³/mol. The Hall–Kier alpha value is -1.02. The van der Waals surface area contributed by atoms with Crippen LogP contribution in [0.5, 0.6) is 0 Å². The van der Waals surface area contributed by atoms with Crippen LogP contribution >= 0.6 is 7.82 Å². The molecule has 0 spiro atoms. The van der Waals surface area contributed by atoms with E-state index in [2.05, 4.69) is 43.5 Å². The van der Waals surface area contributed by atoms with Crippen molar-refractivity contribution in [3.8, 4) is 0 Å². The molecule has 0 fully saturated rings. The summed E-state index contributed by atoms with van der Waals surface area (Å²) in [7, 11) is 1.32. The lowest BCUT2D eigenvalue weighted by molar-refractivity contribution is -0.870. The fourth-order valence-corrected chi connectivity index (χ4v) is 11.5. The first-order valence-electron chi connectivity index (χ1n) is 34.7. The Morgan fingerprint density at radius 2 is 0.744 bits per heavy atom. The maximum atomic E-state index is 13.1. The molecule has 464 valence electrons. The molecule has 3 unspecified atom stereocenters. The molecule has 3 atom stereocenters. The van der Waals surface area contributed by atoms with Gasteiger partial charge in [0.25, 0.3) is 7.82 Å². The molecule has 9 heteroatoms. The summed E-state index contributed by atoms with van der Waals surface area (Å²) in [4.78, 5) is 25.7. The third-order valence-corrected chi connectivity index (χ3v) is 17.2. The van der Waals surface area contributed by atoms with Gasteiger partial charge in [-0.15, -0.1) is 0 Å². The fraction of sp³-hybridized carbons (Fsp3) is 0.928. The maximum absolute atomic E-state index is 13.1. The summed E-state index contributed by atoms with van der Waals surface area (Å²) in [6, 6.07) is -0.800. The summed E-state index contributed by atoms with van der Waals surface area (Å²) >= 11 is 0. The van der Waals surface area contributed by atoms with Crippen molar-refractivity contribution >= 4 is 13.7 Å². The van der Waals surface area contributed by atoms with Crippen LogP contribution in [0.15, 0.2) is 24.3 Å². The number of phosphoric ester groups is 1. The van der Waals surface area contributed by atoms with Gasteiger partial charge in [-0.2, -0.15) is 0 Å². The fourth-order valence-electron chi connectivity index (χ4n) is 10.8. The number of phosphoric acid groups is 1. The summed E-state index contributed by atoms with van der Waals surface area (Å²) in [5.41, 5.74) is 0. The Morgan fingerprint density at radius 3 is 1.06 bits per heavy atom. The van der Waals surface area contributed by atoms with Gasteiger partial charge >= 0.3 is 0 Å². The molecule has 0 aliphatic rings. The SMILES string of the molecule is CCCCCCC/C=C\C/C=C\CCCCCCCCCCCCCCCCCCCC(=O)NC(COP(=O)([O-])OCC[N+](C)(C)C)C(O)CCCCCCCCCCCCCCCCCCCCCCCCCCCCC. The second-order valence-corrected chi connectivity index (χ2v) is 26.7. The van der Waals surface area contributed by atoms with Crippen LogP contribution in [-0.4, -0.2) is 68.5 Å². The second-order valence-electron chi connectivity index (χ2n) is 25.2. The minimum absolute atomic E-state index is 0.0148. The molecule has 0 radical (unpaired) electrons. The van der Waals surface area contributed by atoms with E-state index < -0.39 is 20.0 Å². The molecule has 0 saturated heterocycles. The molecule has 0 aromatic carbocycles. The van der Waals surface area contributed by atoms with Crippen LogP contribution in [0.1, 0.15) is 361 Å². The molecule has 0 saturated carbocycles. The van der Waals surface area contributed by atoms with Crippen molar-refractivity contribution in [3.05, 3.63) is 24.3 Å². The number of aliphatic hydroxyl groups excluding tert-OH is 1. The molecular formula is C69H137N2O6P. The normalized spacial score (nSPS) is 13.8. The number of rotatable bonds is 65. The average molecular weight is 1120 g/mol. The lowest BCUT2D eigenvalue weighted by atomic mass is 10.0. The van der Waals surface area contributed by atoms with E-state index in [0.29, 0.717) is 23.9 Å². The molecule has 0 aliphatic heterocycles. The van der Waals surface area contributed by atoms with E-state index in [4.69, 9.17) is 9.05 Å². The molecule has 78 heavy (non-hydrogen) atoms. The van der Waals surface area contributed by atoms with Crippen LogP contribution in [0.25, 0.3) is 0 Å². The third kappa shape index (κ3) is 62.6. The highest BCUT2D eigenvalue weighted by Gasteiger charge is 2.24. The minimum atomic E-state index is -4.58. The van der Waals surface area contributed by atoms with E-state index in [-0.39, 0.29) is 19.1 Å². The van der Waals surface area contributed by atoms with Crippen molar-refractivity contribution in [2.24, 2.45) is 0 Å². The Kier molecular flexibility index (Phi) is 59.8. The molecule has 0 aromatic rings. The van der Waals surface area contributed by atoms with Crippen molar-refractivity contribution in [2.45, 2.75) is 373 Å². The first kappa shape index (κ1) is 77.0. The number of nitrogens with one attached hydrogen (secondary N) is 1. The van der Waals surface area contributed by atoms with Crippen LogP contribution in [0, 0.1) is 0 Å². The molecule has 1 amide bonds. The average Bonchev–Trinajstić information content (AvgIpc) is 3.41. The van der Waals surface area contributed by atoms with Gasteiger partial charge < -0.3 is 28.8 Å². The molecule has 2 N–H and O–H groups in total. The topological polar surface area (TPSA) is 108 Å².